The van der Waals surface area contributed by atoms with Crippen LogP contribution in [0.4, 0.5) is 40.8 Å². The molecule has 0 radical (unpaired) electrons. The number of hydrogen-bond acceptors (Lipinski definition) is 20. The van der Waals surface area contributed by atoms with Crippen LogP contribution in [-0.4, -0.2) is 171 Å². The number of H-pyrrole nitrogens is 4. The van der Waals surface area contributed by atoms with Gasteiger partial charge in [0.05, 0.1) is 32.7 Å². The van der Waals surface area contributed by atoms with E-state index in [1.807, 2.05) is 45.2 Å². The second-order valence-corrected chi connectivity index (χ2v) is 29.5. The van der Waals surface area contributed by atoms with Crippen molar-refractivity contribution in [2.24, 2.45) is 0 Å². The number of amides is 4. The zero-order chi connectivity index (χ0) is 77.6. The third-order valence-electron chi connectivity index (χ3n) is 18.4. The number of nitrogens with one attached hydrogen (secondary N) is 10. The molecule has 586 valence electrons. The Morgan fingerprint density at radius 2 is 0.882 bits per heavy atom. The maximum atomic E-state index is 14.6. The van der Waals surface area contributed by atoms with Crippen LogP contribution in [0.15, 0.2) is 117 Å². The Morgan fingerprint density at radius 3 is 1.29 bits per heavy atom. The molecule has 2 saturated carbocycles. The molecule has 0 bridgehead atoms. The van der Waals surface area contributed by atoms with Crippen molar-refractivity contribution < 1.29 is 46.7 Å². The third kappa shape index (κ3) is 18.7. The van der Waals surface area contributed by atoms with Crippen molar-refractivity contribution in [2.45, 2.75) is 140 Å². The Morgan fingerprint density at radius 1 is 0.500 bits per heavy atom. The monoisotopic (exact) mass is 1590 g/mol. The molecule has 2 atom stereocenters. The quantitative estimate of drug-likeness (QED) is 0.0317. The molecule has 4 amide bonds. The van der Waals surface area contributed by atoms with Gasteiger partial charge in [-0.05, 0) is 128 Å². The van der Waals surface area contributed by atoms with Gasteiger partial charge in [-0.15, -0.1) is 0 Å². The molecular weight excluding hydrogens is 1510 g/mol. The van der Waals surface area contributed by atoms with Crippen LogP contribution >= 0.6 is 46.4 Å². The lowest BCUT2D eigenvalue weighted by Gasteiger charge is -2.26. The van der Waals surface area contributed by atoms with E-state index in [0.29, 0.717) is 109 Å². The molecule has 110 heavy (non-hydrogen) atoms. The summed E-state index contributed by atoms with van der Waals surface area (Å²) in [6, 6.07) is 12.4. The lowest BCUT2D eigenvalue weighted by molar-refractivity contribution is -0.136. The number of aromatic amines is 4. The molecule has 2 aliphatic carbocycles. The Hall–Kier alpha value is -11.0. The number of carbonyl (C=O) groups excluding carboxylic acids is 4. The smallest absolute Gasteiger partial charge is 0.356 e. The first kappa shape index (κ1) is 77.2. The van der Waals surface area contributed by atoms with Crippen LogP contribution in [0.2, 0.25) is 20.1 Å². The highest BCUT2D eigenvalue weighted by Crippen LogP contribution is 2.36. The van der Waals surface area contributed by atoms with Crippen LogP contribution in [0.3, 0.4) is 0 Å². The first-order valence-corrected chi connectivity index (χ1v) is 37.1. The summed E-state index contributed by atoms with van der Waals surface area (Å²) in [5.41, 5.74) is 3.74. The number of carbonyl (C=O) groups is 4. The molecule has 0 aromatic carbocycles. The van der Waals surface area contributed by atoms with Crippen molar-refractivity contribution in [3.8, 4) is 45.6 Å². The molecule has 10 N–H and O–H groups in total. The number of aromatic nitrogens is 16. The molecule has 28 nitrogen and oxygen atoms in total. The normalized spacial score (nSPS) is 15.7. The lowest BCUT2D eigenvalue weighted by Crippen LogP contribution is -2.48. The van der Waals surface area contributed by atoms with Crippen molar-refractivity contribution in [1.29, 1.82) is 0 Å². The zero-order valence-corrected chi connectivity index (χ0v) is 63.1. The second kappa shape index (κ2) is 33.1. The van der Waals surface area contributed by atoms with Crippen molar-refractivity contribution in [1.82, 2.24) is 101 Å². The largest absolute Gasteiger partial charge is 0.390 e. The SMILES string of the molecule is CC(C)(Nc1ccnc(-c2c[nH]c3ncc(Cl)cc23)n1)C(=O)NCCC(F)(F)F.CCCNC(=O)C(C)(C)Nc1ccnc(-c2c[nH]c3ncc(Cl)cc23)n1.O=C(NC1CC1)C1CCCN1c1ccnc(-c2c[nH]c3ncc(Cl)cc23)n1.O=C(NC1CC1)[C@H]1CCCN1c1nc(-c2c[nH]c3ncc(Cl)cc23)ncc1F.[HH].[HH].[HH].[HH].[HH].[HH].[HH]. The van der Waals surface area contributed by atoms with E-state index in [4.69, 9.17) is 51.4 Å². The Kier molecular flexibility index (Phi) is 23.2. The molecule has 12 aromatic rings. The summed E-state index contributed by atoms with van der Waals surface area (Å²) in [5.74, 6) is 2.55. The zero-order valence-electron chi connectivity index (χ0n) is 60.1. The van der Waals surface area contributed by atoms with Crippen LogP contribution in [-0.2, 0) is 19.2 Å². The van der Waals surface area contributed by atoms with Gasteiger partial charge in [-0.2, -0.15) is 13.2 Å². The second-order valence-electron chi connectivity index (χ2n) is 27.8. The molecule has 2 saturated heterocycles. The molecule has 4 aliphatic rings. The number of pyridine rings is 4. The summed E-state index contributed by atoms with van der Waals surface area (Å²) in [5, 5.41) is 22.7. The number of rotatable bonds is 20. The number of halogens is 8. The van der Waals surface area contributed by atoms with Gasteiger partial charge in [0.15, 0.2) is 34.9 Å². The lowest BCUT2D eigenvalue weighted by atomic mass is 10.0. The van der Waals surface area contributed by atoms with E-state index in [0.717, 1.165) is 108 Å². The number of fused-ring (bicyclic) bond motifs is 4. The first-order chi connectivity index (χ1) is 52.7. The number of nitrogens with zero attached hydrogens (tertiary/aromatic N) is 14. The molecular formula is C74H90Cl4F4N24O4. The van der Waals surface area contributed by atoms with E-state index >= 15 is 0 Å². The first-order valence-electron chi connectivity index (χ1n) is 35.6. The van der Waals surface area contributed by atoms with Crippen LogP contribution in [0.5, 0.6) is 0 Å². The molecule has 4 fully saturated rings. The fourth-order valence-corrected chi connectivity index (χ4v) is 13.1. The van der Waals surface area contributed by atoms with Gasteiger partial charge in [-0.3, -0.25) is 19.2 Å². The molecule has 2 aliphatic heterocycles. The van der Waals surface area contributed by atoms with Crippen LogP contribution < -0.4 is 41.7 Å². The minimum absolute atomic E-state index is 0. The highest BCUT2D eigenvalue weighted by Gasteiger charge is 2.38. The van der Waals surface area contributed by atoms with Crippen LogP contribution in [0.1, 0.15) is 109 Å². The van der Waals surface area contributed by atoms with E-state index in [2.05, 4.69) is 112 Å². The van der Waals surface area contributed by atoms with Crippen LogP contribution in [0.25, 0.3) is 89.7 Å². The summed E-state index contributed by atoms with van der Waals surface area (Å²) in [4.78, 5) is 118. The summed E-state index contributed by atoms with van der Waals surface area (Å²) >= 11 is 24.2. The summed E-state index contributed by atoms with van der Waals surface area (Å²) in [6.07, 6.45) is 22.4. The van der Waals surface area contributed by atoms with Gasteiger partial charge >= 0.3 is 6.18 Å². The molecule has 12 aromatic heterocycles. The molecule has 16 rings (SSSR count). The Balaban J connectivity index is 0.000000238. The van der Waals surface area contributed by atoms with Crippen molar-refractivity contribution >= 4 is 137 Å². The molecule has 14 heterocycles. The average Bonchev–Trinajstić information content (AvgIpc) is 1.57. The van der Waals surface area contributed by atoms with Crippen LogP contribution in [0, 0.1) is 5.82 Å². The van der Waals surface area contributed by atoms with E-state index in [1.54, 1.807) is 92.6 Å². The fraction of sp³-hybridized carbons (Fsp3) is 0.351. The summed E-state index contributed by atoms with van der Waals surface area (Å²) in [6.45, 7) is 10.3. The highest BCUT2D eigenvalue weighted by atomic mass is 35.5. The van der Waals surface area contributed by atoms with Gasteiger partial charge in [0.2, 0.25) is 23.6 Å². The summed E-state index contributed by atoms with van der Waals surface area (Å²) < 4.78 is 51.4. The van der Waals surface area contributed by atoms with Gasteiger partial charge in [-0.25, -0.2) is 64.2 Å². The van der Waals surface area contributed by atoms with E-state index in [9.17, 15) is 36.7 Å². The minimum atomic E-state index is -4.33. The fourth-order valence-electron chi connectivity index (χ4n) is 12.5. The van der Waals surface area contributed by atoms with Crippen molar-refractivity contribution in [3.05, 3.63) is 143 Å². The van der Waals surface area contributed by atoms with E-state index in [1.165, 1.54) is 12.4 Å². The Bertz CT molecular complexity index is 5400. The Labute approximate surface area is 657 Å². The maximum Gasteiger partial charge on any atom is 0.390 e. The number of hydrogen-bond donors (Lipinski definition) is 10. The van der Waals surface area contributed by atoms with Crippen molar-refractivity contribution in [3.63, 3.8) is 0 Å². The van der Waals surface area contributed by atoms with Gasteiger partial charge < -0.3 is 61.6 Å². The standard InChI is InChI=1S/C19H18ClFN6O.C19H19ClN6O.C18H18ClF3N6O.C18H21ClN6O.7H2/c20-10-6-12-13(8-23-16(12)22-7-10)17-24-9-14(21)18(26-17)27-5-1-2-15(27)19(28)25-11-3-4-11;20-11-8-13-14(10-23-17(13)22-9-11)18-21-6-5-16(25-18)26-7-1-2-15(26)19(27)24-12-3-4-12;1-17(2,16(29)24-6-4-18(20,21)22)28-13-3-5-23-15(27-13)12-9-26-14-11(12)7-10(19)8-25-14;1-4-6-21-17(26)18(2,3)25-14-5-7-20-16(24-14)13-10-23-15-12(13)8-11(19)9-22-15;;;;;;;/h6-9,11,15H,1-5H2,(H,22,23)(H,25,28);5-6,8-10,12,15H,1-4,7H2,(H,22,23)(H,24,27);3,5,7-9H,4,6H2,1-2H3,(H,24,29)(H,25,26)(H,23,27,28);5,7-10H,4,6H2,1-3H3,(H,21,26)(H,22,23)(H,20,24,25);7*1H/t15-;;;;;;;;;;/m1........../s1. The number of anilines is 4. The predicted molar refractivity (Wildman–Crippen MR) is 429 cm³/mol. The number of alkyl halides is 3. The molecule has 36 heteroatoms. The minimum Gasteiger partial charge on any atom is -0.356 e. The third-order valence-corrected chi connectivity index (χ3v) is 19.2. The van der Waals surface area contributed by atoms with Crippen molar-refractivity contribution in [2.75, 3.05) is 46.6 Å². The molecule has 0 spiro atoms. The van der Waals surface area contributed by atoms with Gasteiger partial charge in [0.1, 0.15) is 63.2 Å². The van der Waals surface area contributed by atoms with E-state index in [-0.39, 0.29) is 45.6 Å². The molecule has 1 unspecified atom stereocenters. The predicted octanol–water partition coefficient (Wildman–Crippen LogP) is 15.0. The summed E-state index contributed by atoms with van der Waals surface area (Å²) in [7, 11) is 0. The van der Waals surface area contributed by atoms with Gasteiger partial charge in [0.25, 0.3) is 0 Å². The van der Waals surface area contributed by atoms with Gasteiger partial charge in [-0.1, -0.05) is 53.3 Å². The van der Waals surface area contributed by atoms with Gasteiger partial charge in [0, 0.05) is 160 Å². The average molecular weight is 1600 g/mol. The maximum absolute atomic E-state index is 14.6. The highest BCUT2D eigenvalue weighted by molar-refractivity contribution is 6.32. The topological polar surface area (TPSA) is 365 Å². The van der Waals surface area contributed by atoms with E-state index < -0.39 is 48.0 Å².